The van der Waals surface area contributed by atoms with Gasteiger partial charge in [0.05, 0.1) is 31.1 Å². The number of anilines is 1. The highest BCUT2D eigenvalue weighted by Gasteiger charge is 2.58. The van der Waals surface area contributed by atoms with Gasteiger partial charge >= 0.3 is 5.97 Å². The standard InChI is InChI=1S/C23H29ClN2O5/c1-4-16(12-27)26-20(21(28)25-15-9-7-14(24)8-10-15)17-11-6-13(3)18(19(17)22(26)29)23(30)31-5-2/h6-11,13,16-20,27H,4-5,12H2,1-3H3,(H,25,28)/t13-,16+,17+,18-,19-,20+/m1/s1. The molecule has 1 fully saturated rings. The normalized spacial score (nSPS) is 28.2. The Balaban J connectivity index is 1.99. The zero-order chi connectivity index (χ0) is 22.7. The molecule has 1 saturated heterocycles. The Morgan fingerprint density at radius 2 is 1.90 bits per heavy atom. The second-order valence-corrected chi connectivity index (χ2v) is 8.49. The van der Waals surface area contributed by atoms with Crippen LogP contribution < -0.4 is 5.32 Å². The van der Waals surface area contributed by atoms with Crippen LogP contribution in [0.15, 0.2) is 36.4 Å². The largest absolute Gasteiger partial charge is 0.466 e. The minimum Gasteiger partial charge on any atom is -0.466 e. The van der Waals surface area contributed by atoms with Gasteiger partial charge in [0.15, 0.2) is 0 Å². The van der Waals surface area contributed by atoms with Crippen molar-refractivity contribution in [1.29, 1.82) is 0 Å². The van der Waals surface area contributed by atoms with Gasteiger partial charge in [0, 0.05) is 16.6 Å². The summed E-state index contributed by atoms with van der Waals surface area (Å²) in [6, 6.07) is 5.33. The third-order valence-corrected chi connectivity index (χ3v) is 6.48. The number of hydrogen-bond acceptors (Lipinski definition) is 5. The van der Waals surface area contributed by atoms with Gasteiger partial charge in [-0.25, -0.2) is 0 Å². The van der Waals surface area contributed by atoms with E-state index in [1.807, 2.05) is 26.0 Å². The highest BCUT2D eigenvalue weighted by atomic mass is 35.5. The van der Waals surface area contributed by atoms with E-state index >= 15 is 0 Å². The van der Waals surface area contributed by atoms with Crippen molar-refractivity contribution in [3.8, 4) is 0 Å². The van der Waals surface area contributed by atoms with Crippen LogP contribution in [-0.2, 0) is 19.1 Å². The first-order chi connectivity index (χ1) is 14.8. The van der Waals surface area contributed by atoms with Crippen molar-refractivity contribution < 1.29 is 24.2 Å². The third kappa shape index (κ3) is 4.48. The molecule has 31 heavy (non-hydrogen) atoms. The van der Waals surface area contributed by atoms with E-state index in [0.717, 1.165) is 0 Å². The third-order valence-electron chi connectivity index (χ3n) is 6.22. The summed E-state index contributed by atoms with van der Waals surface area (Å²) >= 11 is 5.93. The first-order valence-corrected chi connectivity index (χ1v) is 11.1. The Bertz CT molecular complexity index is 852. The number of ether oxygens (including phenoxy) is 1. The molecule has 2 aliphatic rings. The van der Waals surface area contributed by atoms with Crippen molar-refractivity contribution in [3.05, 3.63) is 41.4 Å². The van der Waals surface area contributed by atoms with Crippen molar-refractivity contribution in [3.63, 3.8) is 0 Å². The summed E-state index contributed by atoms with van der Waals surface area (Å²) < 4.78 is 5.25. The molecule has 168 valence electrons. The molecule has 0 spiro atoms. The van der Waals surface area contributed by atoms with E-state index < -0.39 is 35.8 Å². The molecule has 1 aromatic rings. The quantitative estimate of drug-likeness (QED) is 0.494. The van der Waals surface area contributed by atoms with Gasteiger partial charge in [-0.1, -0.05) is 37.6 Å². The maximum atomic E-state index is 13.6. The number of fused-ring (bicyclic) bond motifs is 1. The Labute approximate surface area is 187 Å². The summed E-state index contributed by atoms with van der Waals surface area (Å²) in [7, 11) is 0. The number of likely N-dealkylation sites (tertiary alicyclic amines) is 1. The highest BCUT2D eigenvalue weighted by Crippen LogP contribution is 2.45. The monoisotopic (exact) mass is 448 g/mol. The van der Waals surface area contributed by atoms with Crippen LogP contribution in [0.2, 0.25) is 5.02 Å². The number of aliphatic hydroxyl groups is 1. The first-order valence-electron chi connectivity index (χ1n) is 10.7. The molecule has 0 bridgehead atoms. The molecule has 7 nitrogen and oxygen atoms in total. The fourth-order valence-corrected chi connectivity index (χ4v) is 4.82. The Morgan fingerprint density at radius 1 is 1.23 bits per heavy atom. The maximum absolute atomic E-state index is 13.6. The molecule has 2 amide bonds. The van der Waals surface area contributed by atoms with Crippen molar-refractivity contribution >= 4 is 35.1 Å². The van der Waals surface area contributed by atoms with Gasteiger partial charge in [0.25, 0.3) is 0 Å². The van der Waals surface area contributed by atoms with E-state index in [1.165, 1.54) is 4.90 Å². The van der Waals surface area contributed by atoms with Gasteiger partial charge in [-0.2, -0.15) is 0 Å². The van der Waals surface area contributed by atoms with Gasteiger partial charge in [0.2, 0.25) is 11.8 Å². The van der Waals surface area contributed by atoms with Crippen LogP contribution in [0.3, 0.4) is 0 Å². The second-order valence-electron chi connectivity index (χ2n) is 8.06. The van der Waals surface area contributed by atoms with Gasteiger partial charge in [-0.15, -0.1) is 0 Å². The average Bonchev–Trinajstić information content (AvgIpc) is 3.03. The molecule has 1 aromatic carbocycles. The lowest BCUT2D eigenvalue weighted by molar-refractivity contribution is -0.155. The fourth-order valence-electron chi connectivity index (χ4n) is 4.70. The molecule has 1 heterocycles. The Kier molecular flexibility index (Phi) is 7.38. The van der Waals surface area contributed by atoms with Crippen molar-refractivity contribution in [1.82, 2.24) is 4.90 Å². The average molecular weight is 449 g/mol. The number of rotatable bonds is 7. The predicted molar refractivity (Wildman–Crippen MR) is 117 cm³/mol. The number of amides is 2. The molecule has 0 radical (unpaired) electrons. The van der Waals surface area contributed by atoms with Gasteiger partial charge in [0.1, 0.15) is 6.04 Å². The van der Waals surface area contributed by atoms with Crippen LogP contribution in [-0.4, -0.2) is 53.1 Å². The van der Waals surface area contributed by atoms with Crippen molar-refractivity contribution in [2.24, 2.45) is 23.7 Å². The van der Waals surface area contributed by atoms with E-state index in [0.29, 0.717) is 17.1 Å². The lowest BCUT2D eigenvalue weighted by Gasteiger charge is -2.33. The number of aliphatic hydroxyl groups excluding tert-OH is 1. The number of nitrogens with zero attached hydrogens (tertiary/aromatic N) is 1. The Morgan fingerprint density at radius 3 is 2.48 bits per heavy atom. The van der Waals surface area contributed by atoms with Crippen LogP contribution in [0.25, 0.3) is 0 Å². The molecule has 3 rings (SSSR count). The highest BCUT2D eigenvalue weighted by molar-refractivity contribution is 6.30. The molecule has 1 aliphatic heterocycles. The molecule has 8 heteroatoms. The number of allylic oxidation sites excluding steroid dienone is 1. The summed E-state index contributed by atoms with van der Waals surface area (Å²) in [5, 5.41) is 13.3. The van der Waals surface area contributed by atoms with Crippen LogP contribution in [0.5, 0.6) is 0 Å². The summed E-state index contributed by atoms with van der Waals surface area (Å²) in [6.07, 6.45) is 4.22. The van der Waals surface area contributed by atoms with E-state index in [1.54, 1.807) is 31.2 Å². The van der Waals surface area contributed by atoms with E-state index in [2.05, 4.69) is 5.32 Å². The molecular weight excluding hydrogens is 420 g/mol. The molecule has 0 aromatic heterocycles. The van der Waals surface area contributed by atoms with Gasteiger partial charge < -0.3 is 20.1 Å². The number of nitrogens with one attached hydrogen (secondary N) is 1. The Hall–Kier alpha value is -2.38. The summed E-state index contributed by atoms with van der Waals surface area (Å²) in [6.45, 7) is 5.40. The number of benzene rings is 1. The number of halogens is 1. The van der Waals surface area contributed by atoms with Gasteiger partial charge in [-0.05, 0) is 43.5 Å². The van der Waals surface area contributed by atoms with Crippen LogP contribution in [0.4, 0.5) is 5.69 Å². The minimum absolute atomic E-state index is 0.196. The molecule has 0 unspecified atom stereocenters. The smallest absolute Gasteiger partial charge is 0.310 e. The zero-order valence-corrected chi connectivity index (χ0v) is 18.7. The van der Waals surface area contributed by atoms with Crippen molar-refractivity contribution in [2.75, 3.05) is 18.5 Å². The van der Waals surface area contributed by atoms with Crippen molar-refractivity contribution in [2.45, 2.75) is 39.3 Å². The lowest BCUT2D eigenvalue weighted by Crippen LogP contribution is -2.50. The SMILES string of the molecule is CCOC(=O)[C@H]1[C@@H]2C(=O)N([C@@H](CC)CO)[C@H](C(=O)Nc3ccc(Cl)cc3)[C@H]2C=C[C@H]1C. The summed E-state index contributed by atoms with van der Waals surface area (Å²) in [4.78, 5) is 41.1. The first kappa shape index (κ1) is 23.3. The lowest BCUT2D eigenvalue weighted by atomic mass is 9.70. The zero-order valence-electron chi connectivity index (χ0n) is 18.0. The van der Waals surface area contributed by atoms with E-state index in [-0.39, 0.29) is 30.9 Å². The number of carbonyl (C=O) groups is 3. The molecule has 0 saturated carbocycles. The summed E-state index contributed by atoms with van der Waals surface area (Å²) in [5.74, 6) is -3.16. The second kappa shape index (κ2) is 9.83. The number of hydrogen-bond donors (Lipinski definition) is 2. The molecule has 2 N–H and O–H groups in total. The minimum atomic E-state index is -0.842. The number of esters is 1. The van der Waals surface area contributed by atoms with Crippen LogP contribution >= 0.6 is 11.6 Å². The predicted octanol–water partition coefficient (Wildman–Crippen LogP) is 2.88. The van der Waals surface area contributed by atoms with Crippen LogP contribution in [0, 0.1) is 23.7 Å². The van der Waals surface area contributed by atoms with E-state index in [9.17, 15) is 19.5 Å². The maximum Gasteiger partial charge on any atom is 0.310 e. The topological polar surface area (TPSA) is 95.9 Å². The van der Waals surface area contributed by atoms with Crippen LogP contribution in [0.1, 0.15) is 27.2 Å². The molecular formula is C23H29ClN2O5. The van der Waals surface area contributed by atoms with E-state index in [4.69, 9.17) is 16.3 Å². The molecule has 1 aliphatic carbocycles. The number of carbonyl (C=O) groups excluding carboxylic acids is 3. The van der Waals surface area contributed by atoms with Gasteiger partial charge in [-0.3, -0.25) is 14.4 Å². The summed E-state index contributed by atoms with van der Waals surface area (Å²) in [5.41, 5.74) is 0.553. The molecule has 6 atom stereocenters. The fraction of sp³-hybridized carbons (Fsp3) is 0.522.